The van der Waals surface area contributed by atoms with Crippen molar-refractivity contribution >= 4 is 5.91 Å². The second kappa shape index (κ2) is 6.88. The molecule has 0 bridgehead atoms. The number of carbonyl (C=O) groups is 1. The lowest BCUT2D eigenvalue weighted by molar-refractivity contribution is 0.0607. The summed E-state index contributed by atoms with van der Waals surface area (Å²) in [5.74, 6) is 0.146. The number of rotatable bonds is 5. The molecule has 1 aliphatic heterocycles. The Morgan fingerprint density at radius 1 is 1.50 bits per heavy atom. The Kier molecular flexibility index (Phi) is 5.17. The van der Waals surface area contributed by atoms with E-state index in [9.17, 15) is 4.79 Å². The Labute approximate surface area is 121 Å². The summed E-state index contributed by atoms with van der Waals surface area (Å²) in [7, 11) is 0. The van der Waals surface area contributed by atoms with Gasteiger partial charge >= 0.3 is 0 Å². The fourth-order valence-corrected chi connectivity index (χ4v) is 2.97. The molecule has 1 aromatic heterocycles. The Morgan fingerprint density at radius 3 is 3.00 bits per heavy atom. The van der Waals surface area contributed by atoms with Crippen molar-refractivity contribution in [2.75, 3.05) is 13.1 Å². The third-order valence-corrected chi connectivity index (χ3v) is 4.27. The van der Waals surface area contributed by atoms with Gasteiger partial charge in [0.05, 0.1) is 11.8 Å². The van der Waals surface area contributed by atoms with Crippen molar-refractivity contribution in [3.63, 3.8) is 0 Å². The van der Waals surface area contributed by atoms with Gasteiger partial charge in [-0.15, -0.1) is 0 Å². The SMILES string of the molecule is CCC1CCCCN1C(=O)c1cnn(CCCN)c1C. The summed E-state index contributed by atoms with van der Waals surface area (Å²) >= 11 is 0. The van der Waals surface area contributed by atoms with Crippen molar-refractivity contribution in [2.45, 2.75) is 58.5 Å². The van der Waals surface area contributed by atoms with Gasteiger partial charge in [0.15, 0.2) is 0 Å². The van der Waals surface area contributed by atoms with Crippen LogP contribution < -0.4 is 5.73 Å². The molecular formula is C15H26N4O. The number of piperidine rings is 1. The van der Waals surface area contributed by atoms with Crippen molar-refractivity contribution in [1.82, 2.24) is 14.7 Å². The van der Waals surface area contributed by atoms with Gasteiger partial charge in [-0.05, 0) is 45.6 Å². The maximum absolute atomic E-state index is 12.7. The zero-order valence-corrected chi connectivity index (χ0v) is 12.6. The summed E-state index contributed by atoms with van der Waals surface area (Å²) in [5.41, 5.74) is 7.24. The number of carbonyl (C=O) groups excluding carboxylic acids is 1. The molecule has 5 nitrogen and oxygen atoms in total. The van der Waals surface area contributed by atoms with Crippen LogP contribution in [0.5, 0.6) is 0 Å². The highest BCUT2D eigenvalue weighted by Crippen LogP contribution is 2.22. The number of hydrogen-bond acceptors (Lipinski definition) is 3. The largest absolute Gasteiger partial charge is 0.336 e. The van der Waals surface area contributed by atoms with Crippen LogP contribution in [0.15, 0.2) is 6.20 Å². The number of likely N-dealkylation sites (tertiary alicyclic amines) is 1. The highest BCUT2D eigenvalue weighted by Gasteiger charge is 2.28. The second-order valence-corrected chi connectivity index (χ2v) is 5.57. The topological polar surface area (TPSA) is 64.2 Å². The van der Waals surface area contributed by atoms with Crippen LogP contribution in [-0.4, -0.2) is 39.7 Å². The lowest BCUT2D eigenvalue weighted by atomic mass is 9.99. The molecule has 1 aliphatic rings. The van der Waals surface area contributed by atoms with E-state index in [0.717, 1.165) is 50.0 Å². The number of hydrogen-bond donors (Lipinski definition) is 1. The third kappa shape index (κ3) is 3.03. The molecular weight excluding hydrogens is 252 g/mol. The van der Waals surface area contributed by atoms with Crippen LogP contribution in [-0.2, 0) is 6.54 Å². The lowest BCUT2D eigenvalue weighted by Gasteiger charge is -2.35. The van der Waals surface area contributed by atoms with Gasteiger partial charge < -0.3 is 10.6 Å². The number of aryl methyl sites for hydroxylation is 1. The number of nitrogens with zero attached hydrogens (tertiary/aromatic N) is 3. The molecule has 112 valence electrons. The maximum atomic E-state index is 12.7. The Hall–Kier alpha value is -1.36. The average molecular weight is 278 g/mol. The fraction of sp³-hybridized carbons (Fsp3) is 0.733. The molecule has 0 spiro atoms. The molecule has 0 aliphatic carbocycles. The first-order chi connectivity index (χ1) is 9.69. The highest BCUT2D eigenvalue weighted by atomic mass is 16.2. The zero-order valence-electron chi connectivity index (χ0n) is 12.6. The standard InChI is InChI=1S/C15H26N4O/c1-3-13-7-4-5-9-18(13)15(20)14-11-17-19(12(14)2)10-6-8-16/h11,13H,3-10,16H2,1-2H3. The summed E-state index contributed by atoms with van der Waals surface area (Å²) in [6.45, 7) is 6.44. The summed E-state index contributed by atoms with van der Waals surface area (Å²) in [5, 5.41) is 4.33. The van der Waals surface area contributed by atoms with E-state index in [2.05, 4.69) is 12.0 Å². The van der Waals surface area contributed by atoms with Crippen LogP contribution in [0.3, 0.4) is 0 Å². The maximum Gasteiger partial charge on any atom is 0.257 e. The summed E-state index contributed by atoms with van der Waals surface area (Å²) in [4.78, 5) is 14.8. The Bertz CT molecular complexity index is 455. The third-order valence-electron chi connectivity index (χ3n) is 4.27. The van der Waals surface area contributed by atoms with E-state index in [4.69, 9.17) is 5.73 Å². The summed E-state index contributed by atoms with van der Waals surface area (Å²) in [6.07, 6.45) is 7.11. The quantitative estimate of drug-likeness (QED) is 0.895. The highest BCUT2D eigenvalue weighted by molar-refractivity contribution is 5.95. The first-order valence-corrected chi connectivity index (χ1v) is 7.72. The molecule has 1 aromatic rings. The summed E-state index contributed by atoms with van der Waals surface area (Å²) < 4.78 is 1.89. The average Bonchev–Trinajstić information content (AvgIpc) is 2.85. The lowest BCUT2D eigenvalue weighted by Crippen LogP contribution is -2.43. The van der Waals surface area contributed by atoms with Crippen LogP contribution in [0.4, 0.5) is 0 Å². The van der Waals surface area contributed by atoms with Crippen molar-refractivity contribution < 1.29 is 4.79 Å². The smallest absolute Gasteiger partial charge is 0.257 e. The summed E-state index contributed by atoms with van der Waals surface area (Å²) in [6, 6.07) is 0.392. The van der Waals surface area contributed by atoms with Crippen molar-refractivity contribution in [1.29, 1.82) is 0 Å². The molecule has 2 rings (SSSR count). The van der Waals surface area contributed by atoms with Crippen molar-refractivity contribution in [3.05, 3.63) is 17.5 Å². The van der Waals surface area contributed by atoms with Gasteiger partial charge in [-0.25, -0.2) is 0 Å². The molecule has 1 saturated heterocycles. The molecule has 0 aromatic carbocycles. The van der Waals surface area contributed by atoms with Gasteiger partial charge in [-0.3, -0.25) is 9.48 Å². The van der Waals surface area contributed by atoms with E-state index >= 15 is 0 Å². The normalized spacial score (nSPS) is 19.4. The van der Waals surface area contributed by atoms with Gasteiger partial charge in [-0.1, -0.05) is 6.92 Å². The van der Waals surface area contributed by atoms with Crippen LogP contribution >= 0.6 is 0 Å². The minimum Gasteiger partial charge on any atom is -0.336 e. The molecule has 1 amide bonds. The Morgan fingerprint density at radius 2 is 2.30 bits per heavy atom. The zero-order chi connectivity index (χ0) is 14.5. The predicted octanol–water partition coefficient (Wildman–Crippen LogP) is 1.95. The van der Waals surface area contributed by atoms with E-state index in [-0.39, 0.29) is 5.91 Å². The minimum atomic E-state index is 0.146. The van der Waals surface area contributed by atoms with Crippen LogP contribution in [0.2, 0.25) is 0 Å². The van der Waals surface area contributed by atoms with E-state index in [1.807, 2.05) is 16.5 Å². The van der Waals surface area contributed by atoms with Crippen LogP contribution in [0, 0.1) is 6.92 Å². The van der Waals surface area contributed by atoms with Crippen molar-refractivity contribution in [3.8, 4) is 0 Å². The molecule has 1 atom stereocenters. The molecule has 2 N–H and O–H groups in total. The second-order valence-electron chi connectivity index (χ2n) is 5.57. The predicted molar refractivity (Wildman–Crippen MR) is 79.6 cm³/mol. The number of nitrogens with two attached hydrogens (primary N) is 1. The first-order valence-electron chi connectivity index (χ1n) is 7.72. The van der Waals surface area contributed by atoms with Crippen molar-refractivity contribution in [2.24, 2.45) is 5.73 Å². The molecule has 0 radical (unpaired) electrons. The fourth-order valence-electron chi connectivity index (χ4n) is 2.97. The van der Waals surface area contributed by atoms with Gasteiger partial charge in [-0.2, -0.15) is 5.10 Å². The Balaban J connectivity index is 2.13. The molecule has 1 unspecified atom stereocenters. The molecule has 2 heterocycles. The van der Waals surface area contributed by atoms with Crippen LogP contribution in [0.1, 0.15) is 55.1 Å². The van der Waals surface area contributed by atoms with Gasteiger partial charge in [0.25, 0.3) is 5.91 Å². The molecule has 0 saturated carbocycles. The van der Waals surface area contributed by atoms with Crippen LogP contribution in [0.25, 0.3) is 0 Å². The molecule has 1 fully saturated rings. The van der Waals surface area contributed by atoms with E-state index in [1.54, 1.807) is 6.20 Å². The first kappa shape index (κ1) is 15.0. The van der Waals surface area contributed by atoms with E-state index in [0.29, 0.717) is 12.6 Å². The van der Waals surface area contributed by atoms with E-state index in [1.165, 1.54) is 6.42 Å². The molecule has 20 heavy (non-hydrogen) atoms. The minimum absolute atomic E-state index is 0.146. The number of aromatic nitrogens is 2. The van der Waals surface area contributed by atoms with Gasteiger partial charge in [0.1, 0.15) is 0 Å². The van der Waals surface area contributed by atoms with Gasteiger partial charge in [0, 0.05) is 24.8 Å². The van der Waals surface area contributed by atoms with E-state index < -0.39 is 0 Å². The van der Waals surface area contributed by atoms with Gasteiger partial charge in [0.2, 0.25) is 0 Å². The number of amides is 1. The molecule has 5 heteroatoms. The monoisotopic (exact) mass is 278 g/mol.